The molecule has 1 aromatic rings. The van der Waals surface area contributed by atoms with Gasteiger partial charge in [-0.05, 0) is 36.6 Å². The lowest BCUT2D eigenvalue weighted by atomic mass is 10.1. The fourth-order valence-corrected chi connectivity index (χ4v) is 2.02. The largest absolute Gasteiger partial charge is 0.409 e. The van der Waals surface area contributed by atoms with E-state index in [1.807, 2.05) is 0 Å². The minimum atomic E-state index is -0.445. The molecule has 0 radical (unpaired) electrons. The monoisotopic (exact) mass is 268 g/mol. The van der Waals surface area contributed by atoms with Crippen LogP contribution in [0.25, 0.3) is 0 Å². The predicted octanol–water partition coefficient (Wildman–Crippen LogP) is 1.62. The van der Waals surface area contributed by atoms with E-state index in [4.69, 9.17) is 20.4 Å². The van der Waals surface area contributed by atoms with Gasteiger partial charge in [0.25, 0.3) is 0 Å². The van der Waals surface area contributed by atoms with Gasteiger partial charge in [0.05, 0.1) is 19.3 Å². The van der Waals surface area contributed by atoms with E-state index in [9.17, 15) is 4.39 Å². The molecule has 0 bridgehead atoms. The maximum Gasteiger partial charge on any atom is 0.170 e. The van der Waals surface area contributed by atoms with Gasteiger partial charge in [0, 0.05) is 12.2 Å². The average molecular weight is 268 g/mol. The molecule has 1 atom stereocenters. The van der Waals surface area contributed by atoms with Crippen LogP contribution in [0.3, 0.4) is 0 Å². The summed E-state index contributed by atoms with van der Waals surface area (Å²) in [5.74, 6) is -0.570. The third-order valence-corrected chi connectivity index (χ3v) is 2.96. The zero-order chi connectivity index (χ0) is 13.7. The standard InChI is InChI=1S/C13H17FN2O3/c14-11-5-9(4-10(6-11)13(15)16-17)7-18-8-12-2-1-3-19-12/h4-6,12,17H,1-3,7-8H2,(H2,15,16). The van der Waals surface area contributed by atoms with Crippen molar-refractivity contribution in [1.82, 2.24) is 0 Å². The number of nitrogens with zero attached hydrogens (tertiary/aromatic N) is 1. The van der Waals surface area contributed by atoms with Crippen LogP contribution in [0, 0.1) is 5.82 Å². The van der Waals surface area contributed by atoms with Crippen molar-refractivity contribution in [2.24, 2.45) is 10.9 Å². The zero-order valence-electron chi connectivity index (χ0n) is 10.5. The number of oxime groups is 1. The Hall–Kier alpha value is -1.66. The second-order valence-corrected chi connectivity index (χ2v) is 4.48. The van der Waals surface area contributed by atoms with E-state index in [0.717, 1.165) is 19.4 Å². The molecule has 5 nitrogen and oxygen atoms in total. The number of hydrogen-bond acceptors (Lipinski definition) is 4. The van der Waals surface area contributed by atoms with E-state index in [1.54, 1.807) is 6.07 Å². The number of amidine groups is 1. The van der Waals surface area contributed by atoms with Gasteiger partial charge in [0.15, 0.2) is 5.84 Å². The summed E-state index contributed by atoms with van der Waals surface area (Å²) >= 11 is 0. The molecule has 1 fully saturated rings. The van der Waals surface area contributed by atoms with Gasteiger partial charge in [0.2, 0.25) is 0 Å². The Morgan fingerprint density at radius 3 is 3.05 bits per heavy atom. The van der Waals surface area contributed by atoms with Crippen molar-refractivity contribution < 1.29 is 19.1 Å². The van der Waals surface area contributed by atoms with E-state index in [1.165, 1.54) is 12.1 Å². The van der Waals surface area contributed by atoms with Crippen LogP contribution in [0.15, 0.2) is 23.4 Å². The first-order valence-corrected chi connectivity index (χ1v) is 6.16. The quantitative estimate of drug-likeness (QED) is 0.368. The summed E-state index contributed by atoms with van der Waals surface area (Å²) in [4.78, 5) is 0. The van der Waals surface area contributed by atoms with Crippen LogP contribution in [0.2, 0.25) is 0 Å². The van der Waals surface area contributed by atoms with Gasteiger partial charge in [-0.25, -0.2) is 4.39 Å². The molecule has 1 unspecified atom stereocenters. The molecule has 0 aromatic heterocycles. The Labute approximate surface area is 110 Å². The predicted molar refractivity (Wildman–Crippen MR) is 67.5 cm³/mol. The zero-order valence-corrected chi connectivity index (χ0v) is 10.5. The smallest absolute Gasteiger partial charge is 0.170 e. The van der Waals surface area contributed by atoms with Crippen LogP contribution in [0.5, 0.6) is 0 Å². The molecule has 2 rings (SSSR count). The number of rotatable bonds is 5. The van der Waals surface area contributed by atoms with Gasteiger partial charge in [0.1, 0.15) is 5.82 Å². The first kappa shape index (κ1) is 13.8. The maximum absolute atomic E-state index is 13.4. The van der Waals surface area contributed by atoms with Crippen molar-refractivity contribution in [2.45, 2.75) is 25.6 Å². The summed E-state index contributed by atoms with van der Waals surface area (Å²) in [6.45, 7) is 1.54. The summed E-state index contributed by atoms with van der Waals surface area (Å²) in [5, 5.41) is 11.4. The van der Waals surface area contributed by atoms with Crippen molar-refractivity contribution in [3.63, 3.8) is 0 Å². The third-order valence-electron chi connectivity index (χ3n) is 2.96. The molecule has 1 aromatic carbocycles. The van der Waals surface area contributed by atoms with Gasteiger partial charge in [-0.1, -0.05) is 5.16 Å². The van der Waals surface area contributed by atoms with Gasteiger partial charge < -0.3 is 20.4 Å². The van der Waals surface area contributed by atoms with Crippen LogP contribution >= 0.6 is 0 Å². The molecule has 0 saturated carbocycles. The first-order chi connectivity index (χ1) is 9.19. The fourth-order valence-electron chi connectivity index (χ4n) is 2.02. The lowest BCUT2D eigenvalue weighted by Gasteiger charge is -2.10. The van der Waals surface area contributed by atoms with E-state index in [2.05, 4.69) is 5.16 Å². The highest BCUT2D eigenvalue weighted by Crippen LogP contribution is 2.14. The molecule has 19 heavy (non-hydrogen) atoms. The Balaban J connectivity index is 1.93. The van der Waals surface area contributed by atoms with Crippen LogP contribution in [-0.2, 0) is 16.1 Å². The molecular weight excluding hydrogens is 251 g/mol. The second-order valence-electron chi connectivity index (χ2n) is 4.48. The molecule has 0 spiro atoms. The van der Waals surface area contributed by atoms with Gasteiger partial charge in [-0.3, -0.25) is 0 Å². The van der Waals surface area contributed by atoms with E-state index >= 15 is 0 Å². The SMILES string of the molecule is N/C(=N/O)c1cc(F)cc(COCC2CCCO2)c1. The van der Waals surface area contributed by atoms with Crippen LogP contribution in [0.1, 0.15) is 24.0 Å². The highest BCUT2D eigenvalue weighted by Gasteiger charge is 2.15. The molecule has 1 saturated heterocycles. The summed E-state index contributed by atoms with van der Waals surface area (Å²) in [6.07, 6.45) is 2.19. The van der Waals surface area contributed by atoms with Gasteiger partial charge in [-0.15, -0.1) is 0 Å². The number of benzene rings is 1. The summed E-state index contributed by atoms with van der Waals surface area (Å²) in [6, 6.07) is 4.20. The molecule has 0 aliphatic carbocycles. The molecule has 0 amide bonds. The van der Waals surface area contributed by atoms with Crippen LogP contribution in [0.4, 0.5) is 4.39 Å². The van der Waals surface area contributed by atoms with Crippen molar-refractivity contribution in [2.75, 3.05) is 13.2 Å². The Bertz CT molecular complexity index is 459. The number of halogens is 1. The molecule has 3 N–H and O–H groups in total. The minimum Gasteiger partial charge on any atom is -0.409 e. The fraction of sp³-hybridized carbons (Fsp3) is 0.462. The summed E-state index contributed by atoms with van der Waals surface area (Å²) in [5.41, 5.74) is 6.40. The van der Waals surface area contributed by atoms with Crippen molar-refractivity contribution >= 4 is 5.84 Å². The van der Waals surface area contributed by atoms with Crippen molar-refractivity contribution in [3.05, 3.63) is 35.1 Å². The van der Waals surface area contributed by atoms with Gasteiger partial charge >= 0.3 is 0 Å². The second kappa shape index (κ2) is 6.49. The molecule has 1 aliphatic rings. The Morgan fingerprint density at radius 2 is 2.37 bits per heavy atom. The Morgan fingerprint density at radius 1 is 1.53 bits per heavy atom. The molecule has 1 aliphatic heterocycles. The molecule has 1 heterocycles. The molecular formula is C13H17FN2O3. The van der Waals surface area contributed by atoms with E-state index in [-0.39, 0.29) is 18.5 Å². The lowest BCUT2D eigenvalue weighted by molar-refractivity contribution is 0.0105. The maximum atomic E-state index is 13.4. The Kier molecular flexibility index (Phi) is 4.70. The van der Waals surface area contributed by atoms with E-state index in [0.29, 0.717) is 17.7 Å². The first-order valence-electron chi connectivity index (χ1n) is 6.16. The van der Waals surface area contributed by atoms with Crippen LogP contribution in [-0.4, -0.2) is 30.4 Å². The molecule has 6 heteroatoms. The van der Waals surface area contributed by atoms with Crippen LogP contribution < -0.4 is 5.73 Å². The normalized spacial score (nSPS) is 19.8. The third kappa shape index (κ3) is 3.90. The topological polar surface area (TPSA) is 77.1 Å². The molecule has 104 valence electrons. The number of ether oxygens (including phenoxy) is 2. The van der Waals surface area contributed by atoms with Gasteiger partial charge in [-0.2, -0.15) is 0 Å². The minimum absolute atomic E-state index is 0.125. The summed E-state index contributed by atoms with van der Waals surface area (Å²) in [7, 11) is 0. The average Bonchev–Trinajstić information content (AvgIpc) is 2.90. The number of hydrogen-bond donors (Lipinski definition) is 2. The highest BCUT2D eigenvalue weighted by molar-refractivity contribution is 5.97. The van der Waals surface area contributed by atoms with E-state index < -0.39 is 5.82 Å². The lowest BCUT2D eigenvalue weighted by Crippen LogP contribution is -2.15. The highest BCUT2D eigenvalue weighted by atomic mass is 19.1. The van der Waals surface area contributed by atoms with Crippen molar-refractivity contribution in [3.8, 4) is 0 Å². The summed E-state index contributed by atoms with van der Waals surface area (Å²) < 4.78 is 24.3. The van der Waals surface area contributed by atoms with Crippen molar-refractivity contribution in [1.29, 1.82) is 0 Å². The number of nitrogens with two attached hydrogens (primary N) is 1.